The molecule has 8 aromatic rings. The van der Waals surface area contributed by atoms with Crippen molar-refractivity contribution < 1.29 is 34.1 Å². The number of H-pyrrole nitrogens is 1. The number of anilines is 1. The lowest BCUT2D eigenvalue weighted by atomic mass is 9.72. The monoisotopic (exact) mass is 982 g/mol. The van der Waals surface area contributed by atoms with Crippen molar-refractivity contribution in [2.24, 2.45) is 5.92 Å². The molecule has 0 bridgehead atoms. The van der Waals surface area contributed by atoms with E-state index >= 15 is 0 Å². The molecule has 0 aliphatic carbocycles. The van der Waals surface area contributed by atoms with E-state index in [1.807, 2.05) is 91.0 Å². The Morgan fingerprint density at radius 2 is 1.44 bits per heavy atom. The van der Waals surface area contributed by atoms with E-state index in [1.165, 1.54) is 11.6 Å². The number of carbonyl (C=O) groups excluding carboxylic acids is 1. The Morgan fingerprint density at radius 3 is 2.05 bits per heavy atom. The first kappa shape index (κ1) is 51.6. The van der Waals surface area contributed by atoms with Gasteiger partial charge >= 0.3 is 5.97 Å². The van der Waals surface area contributed by atoms with Crippen molar-refractivity contribution in [1.29, 1.82) is 0 Å². The minimum Gasteiger partial charge on any atom is -0.494 e. The van der Waals surface area contributed by atoms with Gasteiger partial charge in [0.1, 0.15) is 11.4 Å². The molecular weight excluding hydrogens is 921 g/mol. The summed E-state index contributed by atoms with van der Waals surface area (Å²) in [5.41, 5.74) is 3.57. The Bertz CT molecular complexity index is 3030. The second-order valence-electron chi connectivity index (χ2n) is 19.0. The molecule has 9 rings (SSSR count). The number of aliphatic carboxylic acids is 1. The summed E-state index contributed by atoms with van der Waals surface area (Å²) in [4.78, 5) is 39.4. The van der Waals surface area contributed by atoms with Gasteiger partial charge in [-0.05, 0) is 159 Å². The molecule has 2 aromatic heterocycles. The number of hydrogen-bond acceptors (Lipinski definition) is 11. The number of ether oxygens (including phenoxy) is 1. The maximum atomic E-state index is 12.9. The van der Waals surface area contributed by atoms with Crippen LogP contribution in [0.1, 0.15) is 96.7 Å². The Hall–Kier alpha value is -7.78. The molecule has 0 saturated carbocycles. The number of aromatic nitrogens is 4. The number of likely N-dealkylation sites (tertiary alicyclic amines) is 1. The molecule has 0 radical (unpaired) electrons. The number of fused-ring (bicyclic) bond motifs is 1. The van der Waals surface area contributed by atoms with Gasteiger partial charge in [0, 0.05) is 11.6 Å². The summed E-state index contributed by atoms with van der Waals surface area (Å²) in [5.74, 6) is 0.0116. The molecule has 1 unspecified atom stereocenters. The Morgan fingerprint density at radius 1 is 0.795 bits per heavy atom. The first-order valence-electron chi connectivity index (χ1n) is 24.9. The van der Waals surface area contributed by atoms with Gasteiger partial charge < -0.3 is 34.7 Å². The predicted molar refractivity (Wildman–Crippen MR) is 281 cm³/mol. The third-order valence-electron chi connectivity index (χ3n) is 13.8. The predicted octanol–water partition coefficient (Wildman–Crippen LogP) is 10.1. The maximum absolute atomic E-state index is 12.9. The highest BCUT2D eigenvalue weighted by Crippen LogP contribution is 2.42. The minimum absolute atomic E-state index is 0.132. The number of rotatable bonds is 19. The van der Waals surface area contributed by atoms with Crippen molar-refractivity contribution in [2.45, 2.75) is 75.9 Å². The number of aromatic amines is 1. The Balaban J connectivity index is 0.000000195. The molecular formula is C59H62N6O8. The first-order chi connectivity index (χ1) is 35.4. The van der Waals surface area contributed by atoms with Crippen molar-refractivity contribution in [3.05, 3.63) is 207 Å². The zero-order valence-corrected chi connectivity index (χ0v) is 41.2. The molecule has 1 atom stereocenters. The highest BCUT2D eigenvalue weighted by molar-refractivity contribution is 6.08. The van der Waals surface area contributed by atoms with Gasteiger partial charge in [-0.1, -0.05) is 121 Å². The smallest absolute Gasteiger partial charge is 0.313 e. The van der Waals surface area contributed by atoms with Gasteiger partial charge in [-0.15, -0.1) is 5.10 Å². The third-order valence-corrected chi connectivity index (χ3v) is 13.8. The summed E-state index contributed by atoms with van der Waals surface area (Å²) in [6.07, 6.45) is 5.77. The van der Waals surface area contributed by atoms with Crippen LogP contribution in [0, 0.1) is 5.92 Å². The van der Waals surface area contributed by atoms with Crippen LogP contribution in [0.2, 0.25) is 0 Å². The summed E-state index contributed by atoms with van der Waals surface area (Å²) in [6, 6.07) is 50.9. The molecule has 14 nitrogen and oxygen atoms in total. The fourth-order valence-corrected chi connectivity index (χ4v) is 9.34. The van der Waals surface area contributed by atoms with Crippen molar-refractivity contribution in [3.63, 3.8) is 0 Å². The van der Waals surface area contributed by atoms with E-state index in [2.05, 4.69) is 43.0 Å². The van der Waals surface area contributed by atoms with Gasteiger partial charge in [-0.2, -0.15) is 0 Å². The van der Waals surface area contributed by atoms with Crippen LogP contribution < -0.4 is 15.5 Å². The second-order valence-corrected chi connectivity index (χ2v) is 19.0. The number of nitrogens with one attached hydrogen (secondary N) is 2. The number of amides is 1. The number of carboxylic acids is 1. The van der Waals surface area contributed by atoms with Crippen LogP contribution >= 0.6 is 0 Å². The van der Waals surface area contributed by atoms with Crippen LogP contribution in [0.5, 0.6) is 5.75 Å². The SMILES string of the molecule is CC(C)(C(=O)O)c1ccc(C(O)CCCN2CCC(C(O)(c3ccccc3)c3ccccc3)CC2)cc1.O=C(Nc1cccc2c(=O)cc(-c3nnn[nH]3)oc12)c1ccc(OCCCCc2ccccc2)cc1. The van der Waals surface area contributed by atoms with Crippen LogP contribution in [-0.2, 0) is 22.2 Å². The lowest BCUT2D eigenvalue weighted by Crippen LogP contribution is -2.44. The molecule has 1 aliphatic rings. The number of unbranched alkanes of at least 4 members (excludes halogenated alkanes) is 1. The zero-order valence-electron chi connectivity index (χ0n) is 41.2. The number of piperidine rings is 1. The summed E-state index contributed by atoms with van der Waals surface area (Å²) in [7, 11) is 0. The number of benzene rings is 6. The van der Waals surface area contributed by atoms with E-state index in [1.54, 1.807) is 68.4 Å². The van der Waals surface area contributed by atoms with E-state index in [9.17, 15) is 29.7 Å². The van der Waals surface area contributed by atoms with Gasteiger partial charge in [0.05, 0.1) is 29.2 Å². The number of nitrogens with zero attached hydrogens (tertiary/aromatic N) is 4. The standard InChI is InChI=1S/C32H39NO4.C27H23N5O4/c1-31(2,30(35)36)25-17-15-24(16-18-25)29(34)14-9-21-33-22-19-28(20-23-33)32(37,26-10-5-3-6-11-26)27-12-7-4-8-13-27;33-23-17-24(26-29-31-32-30-26)36-25-21(23)10-6-11-22(25)28-27(34)19-12-14-20(15-13-19)35-16-5-4-9-18-7-2-1-3-8-18/h3-8,10-13,15-18,28-29,34,37H,9,14,19-23H2,1-2H3,(H,35,36);1-3,6-8,10-15,17H,4-5,9,16H2,(H,28,34)(H,29,30,31,32). The van der Waals surface area contributed by atoms with Gasteiger partial charge in [0.2, 0.25) is 5.82 Å². The van der Waals surface area contributed by atoms with Crippen molar-refractivity contribution in [1.82, 2.24) is 25.5 Å². The molecule has 5 N–H and O–H groups in total. The van der Waals surface area contributed by atoms with Crippen molar-refractivity contribution >= 4 is 28.5 Å². The lowest BCUT2D eigenvalue weighted by molar-refractivity contribution is -0.142. The summed E-state index contributed by atoms with van der Waals surface area (Å²) in [5, 5.41) is 48.7. The zero-order chi connectivity index (χ0) is 51.2. The van der Waals surface area contributed by atoms with E-state index < -0.39 is 23.1 Å². The topological polar surface area (TPSA) is 204 Å². The number of hydrogen-bond donors (Lipinski definition) is 5. The summed E-state index contributed by atoms with van der Waals surface area (Å²) >= 11 is 0. The van der Waals surface area contributed by atoms with Gasteiger partial charge in [0.15, 0.2) is 16.8 Å². The van der Waals surface area contributed by atoms with Gasteiger partial charge in [0.25, 0.3) is 5.91 Å². The largest absolute Gasteiger partial charge is 0.494 e. The second kappa shape index (κ2) is 24.1. The molecule has 1 amide bonds. The van der Waals surface area contributed by atoms with E-state index in [0.717, 1.165) is 80.4 Å². The number of aliphatic hydroxyl groups excluding tert-OH is 1. The molecule has 6 aromatic carbocycles. The highest BCUT2D eigenvalue weighted by atomic mass is 16.5. The van der Waals surface area contributed by atoms with Gasteiger partial charge in [-0.25, -0.2) is 5.10 Å². The molecule has 73 heavy (non-hydrogen) atoms. The van der Waals surface area contributed by atoms with E-state index in [4.69, 9.17) is 9.15 Å². The number of tetrazole rings is 1. The molecule has 1 aliphatic heterocycles. The molecule has 376 valence electrons. The van der Waals surface area contributed by atoms with Crippen LogP contribution in [-0.4, -0.2) is 79.0 Å². The van der Waals surface area contributed by atoms with Crippen LogP contribution in [0.25, 0.3) is 22.6 Å². The Labute approximate surface area is 424 Å². The minimum atomic E-state index is -1.01. The number of aliphatic hydroxyl groups is 2. The number of para-hydroxylation sites is 1. The fourth-order valence-electron chi connectivity index (χ4n) is 9.34. The molecule has 1 saturated heterocycles. The normalized spacial score (nSPS) is 13.7. The molecule has 0 spiro atoms. The van der Waals surface area contributed by atoms with E-state index in [0.29, 0.717) is 35.4 Å². The Kier molecular flexibility index (Phi) is 17.0. The number of carboxylic acid groups (broad SMARTS) is 1. The highest BCUT2D eigenvalue weighted by Gasteiger charge is 2.41. The molecule has 1 fully saturated rings. The summed E-state index contributed by atoms with van der Waals surface area (Å²) < 4.78 is 11.7. The summed E-state index contributed by atoms with van der Waals surface area (Å²) in [6.45, 7) is 6.72. The van der Waals surface area contributed by atoms with Crippen molar-refractivity contribution in [2.75, 3.05) is 31.6 Å². The molecule has 3 heterocycles. The quantitative estimate of drug-likeness (QED) is 0.0481. The average molecular weight is 983 g/mol. The van der Waals surface area contributed by atoms with Crippen molar-refractivity contribution in [3.8, 4) is 17.3 Å². The van der Waals surface area contributed by atoms with Crippen LogP contribution in [0.3, 0.4) is 0 Å². The maximum Gasteiger partial charge on any atom is 0.313 e. The van der Waals surface area contributed by atoms with E-state index in [-0.39, 0.29) is 34.4 Å². The number of carbonyl (C=O) groups is 2. The fraction of sp³-hybridized carbons (Fsp3) is 0.288. The van der Waals surface area contributed by atoms with Crippen LogP contribution in [0.15, 0.2) is 173 Å². The first-order valence-corrected chi connectivity index (χ1v) is 24.9. The van der Waals surface area contributed by atoms with Crippen LogP contribution in [0.4, 0.5) is 5.69 Å². The van der Waals surface area contributed by atoms with Gasteiger partial charge in [-0.3, -0.25) is 14.4 Å². The molecule has 14 heteroatoms. The number of aryl methyl sites for hydroxylation is 1. The lowest BCUT2D eigenvalue weighted by Gasteiger charge is -2.42. The average Bonchev–Trinajstić information content (AvgIpc) is 3.98. The third kappa shape index (κ3) is 12.8.